The Hall–Kier alpha value is -7.46. The van der Waals surface area contributed by atoms with E-state index in [2.05, 4.69) is 43.4 Å². The normalized spacial score (nSPS) is 11.5. The Kier molecular flexibility index (Phi) is 7.32. The zero-order chi connectivity index (χ0) is 36.2. The summed E-state index contributed by atoms with van der Waals surface area (Å²) >= 11 is 0. The number of hydrogen-bond donors (Lipinski definition) is 0. The summed E-state index contributed by atoms with van der Waals surface area (Å²) < 4.78 is 21.5. The van der Waals surface area contributed by atoms with Gasteiger partial charge in [-0.2, -0.15) is 0 Å². The van der Waals surface area contributed by atoms with Gasteiger partial charge in [-0.15, -0.1) is 0 Å². The topological polar surface area (TPSA) is 89.7 Å². The zero-order valence-electron chi connectivity index (χ0n) is 29.4. The quantitative estimate of drug-likeness (QED) is 0.156. The first kappa shape index (κ1) is 31.3. The number of rotatable bonds is 8. The van der Waals surface area contributed by atoms with Gasteiger partial charge in [0.15, 0.2) is 0 Å². The van der Waals surface area contributed by atoms with Crippen molar-refractivity contribution in [1.82, 2.24) is 38.2 Å². The molecular formula is C44H32N8O2. The Bertz CT molecular complexity index is 2770. The number of fused-ring (bicyclic) bond motifs is 5. The number of aromatic nitrogens is 8. The highest BCUT2D eigenvalue weighted by molar-refractivity contribution is 6.20. The third kappa shape index (κ3) is 5.27. The number of pyridine rings is 2. The van der Waals surface area contributed by atoms with Gasteiger partial charge in [0.25, 0.3) is 0 Å². The maximum absolute atomic E-state index is 6.53. The van der Waals surface area contributed by atoms with Crippen LogP contribution in [0.2, 0.25) is 0 Å². The van der Waals surface area contributed by atoms with E-state index in [4.69, 9.17) is 19.4 Å². The highest BCUT2D eigenvalue weighted by atomic mass is 16.5. The summed E-state index contributed by atoms with van der Waals surface area (Å²) in [6.07, 6.45) is 11.1. The first-order chi connectivity index (χ1) is 26.6. The molecule has 10 rings (SSSR count). The Morgan fingerprint density at radius 2 is 0.889 bits per heavy atom. The smallest absolute Gasteiger partial charge is 0.139 e. The van der Waals surface area contributed by atoms with Crippen LogP contribution in [0.25, 0.3) is 67.3 Å². The van der Waals surface area contributed by atoms with E-state index in [1.807, 2.05) is 145 Å². The van der Waals surface area contributed by atoms with Crippen molar-refractivity contribution in [2.75, 3.05) is 0 Å². The molecule has 0 aliphatic rings. The van der Waals surface area contributed by atoms with Gasteiger partial charge in [0.2, 0.25) is 0 Å². The first-order valence-electron chi connectivity index (χ1n) is 17.6. The molecule has 6 aromatic heterocycles. The van der Waals surface area contributed by atoms with Crippen molar-refractivity contribution in [3.63, 3.8) is 0 Å². The predicted octanol–water partition coefficient (Wildman–Crippen LogP) is 9.90. The van der Waals surface area contributed by atoms with Crippen LogP contribution in [0.15, 0.2) is 159 Å². The van der Waals surface area contributed by atoms with Gasteiger partial charge in [0.05, 0.1) is 22.1 Å². The molecule has 6 heterocycles. The Morgan fingerprint density at radius 3 is 1.30 bits per heavy atom. The fraction of sp³-hybridized carbons (Fsp3) is 0.0455. The summed E-state index contributed by atoms with van der Waals surface area (Å²) in [7, 11) is 3.97. The maximum atomic E-state index is 6.53. The minimum atomic E-state index is 0.703. The van der Waals surface area contributed by atoms with Gasteiger partial charge in [-0.25, -0.2) is 19.9 Å². The van der Waals surface area contributed by atoms with Crippen molar-refractivity contribution in [1.29, 1.82) is 0 Å². The molecule has 260 valence electrons. The lowest BCUT2D eigenvalue weighted by Crippen LogP contribution is -1.97. The molecule has 0 unspecified atom stereocenters. The van der Waals surface area contributed by atoms with Crippen molar-refractivity contribution < 1.29 is 9.47 Å². The second-order valence-corrected chi connectivity index (χ2v) is 13.1. The van der Waals surface area contributed by atoms with E-state index < -0.39 is 0 Å². The minimum Gasteiger partial charge on any atom is -0.457 e. The third-order valence-electron chi connectivity index (χ3n) is 9.66. The lowest BCUT2D eigenvalue weighted by molar-refractivity contribution is 0.483. The van der Waals surface area contributed by atoms with E-state index in [-0.39, 0.29) is 0 Å². The van der Waals surface area contributed by atoms with Crippen LogP contribution in [0.3, 0.4) is 0 Å². The number of aryl methyl sites for hydroxylation is 2. The van der Waals surface area contributed by atoms with Crippen LogP contribution in [-0.2, 0) is 14.1 Å². The molecule has 4 aromatic carbocycles. The van der Waals surface area contributed by atoms with Crippen LogP contribution in [0.4, 0.5) is 0 Å². The average Bonchev–Trinajstić information content (AvgIpc) is 3.98. The Balaban J connectivity index is 1.15. The lowest BCUT2D eigenvalue weighted by Gasteiger charge is -2.12. The molecule has 0 N–H and O–H groups in total. The molecule has 0 saturated heterocycles. The van der Waals surface area contributed by atoms with Gasteiger partial charge < -0.3 is 18.6 Å². The first-order valence-corrected chi connectivity index (χ1v) is 17.6. The highest BCUT2D eigenvalue weighted by Crippen LogP contribution is 2.43. The van der Waals surface area contributed by atoms with E-state index in [1.54, 1.807) is 12.4 Å². The molecule has 0 amide bonds. The molecular weight excluding hydrogens is 673 g/mol. The molecule has 0 atom stereocenters. The van der Waals surface area contributed by atoms with Gasteiger partial charge in [-0.05, 0) is 72.8 Å². The Labute approximate surface area is 309 Å². The number of benzene rings is 4. The highest BCUT2D eigenvalue weighted by Gasteiger charge is 2.24. The number of ether oxygens (including phenoxy) is 2. The number of hydrogen-bond acceptors (Lipinski definition) is 6. The summed E-state index contributed by atoms with van der Waals surface area (Å²) in [5.74, 6) is 6.17. The van der Waals surface area contributed by atoms with Crippen LogP contribution in [0.1, 0.15) is 0 Å². The standard InChI is InChI=1S/C44H32N8O2/c1-49-23-21-47-43(49)29-9-7-11-31(25-29)53-33-15-17-35-37(27-33)51(39-13-3-5-19-45-39)42-36-18-16-34(28-38(36)52(41(35)42)40-14-4-6-20-46-40)54-32-12-8-10-30(26-32)44-48-22-24-50(44)2/h3-28H,1-2H3. The summed E-state index contributed by atoms with van der Waals surface area (Å²) in [5, 5.41) is 2.05. The molecule has 0 aliphatic carbocycles. The minimum absolute atomic E-state index is 0.703. The van der Waals surface area contributed by atoms with Crippen molar-refractivity contribution in [2.24, 2.45) is 14.1 Å². The number of imidazole rings is 2. The van der Waals surface area contributed by atoms with E-state index in [0.29, 0.717) is 11.5 Å². The van der Waals surface area contributed by atoms with Gasteiger partial charge in [-0.3, -0.25) is 9.13 Å². The maximum Gasteiger partial charge on any atom is 0.139 e. The van der Waals surface area contributed by atoms with Crippen LogP contribution in [0.5, 0.6) is 23.0 Å². The number of nitrogens with zero attached hydrogens (tertiary/aromatic N) is 8. The van der Waals surface area contributed by atoms with Crippen molar-refractivity contribution in [2.45, 2.75) is 0 Å². The zero-order valence-corrected chi connectivity index (χ0v) is 29.4. The monoisotopic (exact) mass is 704 g/mol. The van der Waals surface area contributed by atoms with Crippen LogP contribution >= 0.6 is 0 Å². The molecule has 0 radical (unpaired) electrons. The fourth-order valence-electron chi connectivity index (χ4n) is 7.27. The SMILES string of the molecule is Cn1ccnc1-c1cccc(Oc2ccc3c(c2)n(-c2ccccn2)c2c4ccc(Oc5cccc(-c6nccn6C)c5)cc4n(-c4ccccn4)c32)c1. The van der Waals surface area contributed by atoms with Crippen LogP contribution < -0.4 is 9.47 Å². The van der Waals surface area contributed by atoms with Crippen LogP contribution in [0, 0.1) is 0 Å². The third-order valence-corrected chi connectivity index (χ3v) is 9.66. The summed E-state index contributed by atoms with van der Waals surface area (Å²) in [6, 6.07) is 40.3. The van der Waals surface area contributed by atoms with Crippen molar-refractivity contribution in [3.8, 4) is 57.4 Å². The fourth-order valence-corrected chi connectivity index (χ4v) is 7.27. The van der Waals surface area contributed by atoms with Gasteiger partial charge in [0, 0.05) is 85.3 Å². The average molecular weight is 705 g/mol. The molecule has 0 fully saturated rings. The summed E-state index contributed by atoms with van der Waals surface area (Å²) in [4.78, 5) is 18.7. The van der Waals surface area contributed by atoms with Gasteiger partial charge in [-0.1, -0.05) is 36.4 Å². The largest absolute Gasteiger partial charge is 0.457 e. The van der Waals surface area contributed by atoms with Gasteiger partial charge in [0.1, 0.15) is 46.3 Å². The summed E-state index contributed by atoms with van der Waals surface area (Å²) in [5.41, 5.74) is 5.86. The van der Waals surface area contributed by atoms with Crippen LogP contribution in [-0.4, -0.2) is 38.2 Å². The second-order valence-electron chi connectivity index (χ2n) is 13.1. The van der Waals surface area contributed by atoms with Crippen molar-refractivity contribution >= 4 is 32.8 Å². The molecule has 10 nitrogen and oxygen atoms in total. The summed E-state index contributed by atoms with van der Waals surface area (Å²) in [6.45, 7) is 0. The molecule has 0 saturated carbocycles. The predicted molar refractivity (Wildman–Crippen MR) is 211 cm³/mol. The molecule has 10 heteroatoms. The van der Waals surface area contributed by atoms with E-state index in [0.717, 1.165) is 78.7 Å². The molecule has 54 heavy (non-hydrogen) atoms. The molecule has 0 aliphatic heterocycles. The van der Waals surface area contributed by atoms with Crippen molar-refractivity contribution in [3.05, 3.63) is 159 Å². The second kappa shape index (κ2) is 12.6. The van der Waals surface area contributed by atoms with E-state index in [1.165, 1.54) is 0 Å². The van der Waals surface area contributed by atoms with E-state index >= 15 is 0 Å². The Morgan fingerprint density at radius 1 is 0.426 bits per heavy atom. The molecule has 10 aromatic rings. The van der Waals surface area contributed by atoms with Gasteiger partial charge >= 0.3 is 0 Å². The molecule has 0 bridgehead atoms. The lowest BCUT2D eigenvalue weighted by atomic mass is 10.2. The van der Waals surface area contributed by atoms with E-state index in [9.17, 15) is 0 Å². The molecule has 0 spiro atoms.